The lowest BCUT2D eigenvalue weighted by Gasteiger charge is -2.30. The van der Waals surface area contributed by atoms with Crippen molar-refractivity contribution in [2.24, 2.45) is 11.8 Å². The van der Waals surface area contributed by atoms with Gasteiger partial charge in [-0.3, -0.25) is 0 Å². The molecular weight excluding hydrogens is 190 g/mol. The lowest BCUT2D eigenvalue weighted by molar-refractivity contribution is 0.0787. The molecule has 0 saturated carbocycles. The lowest BCUT2D eigenvalue weighted by Crippen LogP contribution is -2.39. The molecular formula is C12H23NO2. The van der Waals surface area contributed by atoms with Crippen LogP contribution >= 0.6 is 0 Å². The first kappa shape index (κ1) is 12.3. The minimum absolute atomic E-state index is 0.127. The molecule has 0 bridgehead atoms. The number of carbonyl (C=O) groups excluding carboxylic acids is 1. The van der Waals surface area contributed by atoms with Crippen molar-refractivity contribution >= 4 is 6.09 Å². The maximum atomic E-state index is 11.6. The van der Waals surface area contributed by atoms with Gasteiger partial charge in [0.1, 0.15) is 0 Å². The molecule has 0 aliphatic carbocycles. The number of amides is 1. The van der Waals surface area contributed by atoms with Crippen LogP contribution in [0.3, 0.4) is 0 Å². The number of nitrogens with zero attached hydrogens (tertiary/aromatic N) is 1. The normalized spacial score (nSPS) is 18.3. The summed E-state index contributed by atoms with van der Waals surface area (Å²) in [6.45, 7) is 8.60. The molecule has 0 aromatic carbocycles. The van der Waals surface area contributed by atoms with Crippen LogP contribution in [0, 0.1) is 11.8 Å². The number of hydrogen-bond acceptors (Lipinski definition) is 2. The first-order chi connectivity index (χ1) is 7.13. The number of hydrogen-bond donors (Lipinski definition) is 0. The second-order valence-electron chi connectivity index (χ2n) is 4.81. The number of ether oxygens (including phenoxy) is 1. The first-order valence-corrected chi connectivity index (χ1v) is 6.05. The van der Waals surface area contributed by atoms with Crippen LogP contribution in [0.2, 0.25) is 0 Å². The molecule has 0 N–H and O–H groups in total. The smallest absolute Gasteiger partial charge is 0.409 e. The van der Waals surface area contributed by atoms with Gasteiger partial charge >= 0.3 is 6.09 Å². The van der Waals surface area contributed by atoms with E-state index in [4.69, 9.17) is 4.74 Å². The monoisotopic (exact) mass is 213 g/mol. The van der Waals surface area contributed by atoms with E-state index in [0.29, 0.717) is 12.5 Å². The van der Waals surface area contributed by atoms with Crippen molar-refractivity contribution in [3.05, 3.63) is 0 Å². The molecule has 1 saturated heterocycles. The Labute approximate surface area is 92.8 Å². The zero-order valence-corrected chi connectivity index (χ0v) is 10.2. The lowest BCUT2D eigenvalue weighted by atomic mass is 9.95. The van der Waals surface area contributed by atoms with Crippen molar-refractivity contribution in [1.82, 2.24) is 4.90 Å². The van der Waals surface area contributed by atoms with E-state index >= 15 is 0 Å². The average molecular weight is 213 g/mol. The van der Waals surface area contributed by atoms with Gasteiger partial charge in [-0.2, -0.15) is 0 Å². The zero-order valence-electron chi connectivity index (χ0n) is 10.2. The summed E-state index contributed by atoms with van der Waals surface area (Å²) in [5, 5.41) is 0. The van der Waals surface area contributed by atoms with E-state index < -0.39 is 0 Å². The number of carbonyl (C=O) groups is 1. The van der Waals surface area contributed by atoms with Crippen LogP contribution < -0.4 is 0 Å². The van der Waals surface area contributed by atoms with Crippen LogP contribution in [0.25, 0.3) is 0 Å². The Bertz CT molecular complexity index is 196. The molecule has 1 heterocycles. The summed E-state index contributed by atoms with van der Waals surface area (Å²) in [5.74, 6) is 1.22. The highest BCUT2D eigenvalue weighted by Gasteiger charge is 2.22. The number of piperidine rings is 1. The topological polar surface area (TPSA) is 29.5 Å². The van der Waals surface area contributed by atoms with Gasteiger partial charge in [0.2, 0.25) is 0 Å². The Morgan fingerprint density at radius 1 is 1.40 bits per heavy atom. The molecule has 0 radical (unpaired) electrons. The molecule has 15 heavy (non-hydrogen) atoms. The highest BCUT2D eigenvalue weighted by atomic mass is 16.6. The largest absolute Gasteiger partial charge is 0.449 e. The second kappa shape index (κ2) is 5.99. The van der Waals surface area contributed by atoms with Crippen molar-refractivity contribution in [2.45, 2.75) is 40.0 Å². The molecule has 0 aromatic rings. The summed E-state index contributed by atoms with van der Waals surface area (Å²) < 4.78 is 5.20. The molecule has 0 atom stereocenters. The van der Waals surface area contributed by atoms with Crippen molar-refractivity contribution < 1.29 is 9.53 Å². The van der Waals surface area contributed by atoms with Crippen molar-refractivity contribution in [3.8, 4) is 0 Å². The fraction of sp³-hybridized carbons (Fsp3) is 0.917. The SMILES string of the molecule is CCC1CCN(C(=O)OCC(C)C)CC1. The molecule has 0 unspecified atom stereocenters. The second-order valence-corrected chi connectivity index (χ2v) is 4.81. The Balaban J connectivity index is 2.24. The maximum Gasteiger partial charge on any atom is 0.409 e. The number of rotatable bonds is 3. The zero-order chi connectivity index (χ0) is 11.3. The van der Waals surface area contributed by atoms with Gasteiger partial charge in [0, 0.05) is 13.1 Å². The average Bonchev–Trinajstić information content (AvgIpc) is 2.26. The van der Waals surface area contributed by atoms with Gasteiger partial charge in [-0.05, 0) is 24.7 Å². The quantitative estimate of drug-likeness (QED) is 0.721. The third kappa shape index (κ3) is 4.10. The third-order valence-corrected chi connectivity index (χ3v) is 2.99. The van der Waals surface area contributed by atoms with Gasteiger partial charge in [0.05, 0.1) is 6.61 Å². The Morgan fingerprint density at radius 2 is 2.00 bits per heavy atom. The van der Waals surface area contributed by atoms with Crippen LogP contribution in [0.5, 0.6) is 0 Å². The number of likely N-dealkylation sites (tertiary alicyclic amines) is 1. The van der Waals surface area contributed by atoms with Crippen molar-refractivity contribution in [1.29, 1.82) is 0 Å². The van der Waals surface area contributed by atoms with Crippen LogP contribution in [0.15, 0.2) is 0 Å². The van der Waals surface area contributed by atoms with Crippen molar-refractivity contribution in [3.63, 3.8) is 0 Å². The summed E-state index contributed by atoms with van der Waals surface area (Å²) in [6.07, 6.45) is 3.37. The van der Waals surface area contributed by atoms with E-state index in [-0.39, 0.29) is 6.09 Å². The summed E-state index contributed by atoms with van der Waals surface area (Å²) in [4.78, 5) is 13.4. The van der Waals surface area contributed by atoms with E-state index in [2.05, 4.69) is 20.8 Å². The summed E-state index contributed by atoms with van der Waals surface area (Å²) in [5.41, 5.74) is 0. The molecule has 0 aromatic heterocycles. The summed E-state index contributed by atoms with van der Waals surface area (Å²) in [6, 6.07) is 0. The summed E-state index contributed by atoms with van der Waals surface area (Å²) in [7, 11) is 0. The molecule has 1 amide bonds. The Kier molecular flexibility index (Phi) is 4.92. The first-order valence-electron chi connectivity index (χ1n) is 6.05. The van der Waals surface area contributed by atoms with E-state index in [0.717, 1.165) is 31.8 Å². The molecule has 1 rings (SSSR count). The molecule has 1 aliphatic heterocycles. The highest BCUT2D eigenvalue weighted by molar-refractivity contribution is 5.67. The van der Waals surface area contributed by atoms with E-state index in [9.17, 15) is 4.79 Å². The molecule has 3 heteroatoms. The Hall–Kier alpha value is -0.730. The van der Waals surface area contributed by atoms with E-state index in [1.165, 1.54) is 6.42 Å². The van der Waals surface area contributed by atoms with Crippen LogP contribution in [-0.2, 0) is 4.74 Å². The van der Waals surface area contributed by atoms with Gasteiger partial charge in [0.15, 0.2) is 0 Å². The molecule has 1 aliphatic rings. The van der Waals surface area contributed by atoms with Crippen molar-refractivity contribution in [2.75, 3.05) is 19.7 Å². The fourth-order valence-electron chi connectivity index (χ4n) is 1.85. The van der Waals surface area contributed by atoms with Gasteiger partial charge < -0.3 is 9.64 Å². The molecule has 3 nitrogen and oxygen atoms in total. The predicted molar refractivity (Wildman–Crippen MR) is 60.8 cm³/mol. The maximum absolute atomic E-state index is 11.6. The summed E-state index contributed by atoms with van der Waals surface area (Å²) >= 11 is 0. The molecule has 0 spiro atoms. The Morgan fingerprint density at radius 3 is 2.47 bits per heavy atom. The predicted octanol–water partition coefficient (Wildman–Crippen LogP) is 2.90. The van der Waals surface area contributed by atoms with Gasteiger partial charge in [-0.25, -0.2) is 4.79 Å². The molecule has 88 valence electrons. The van der Waals surface area contributed by atoms with E-state index in [1.807, 2.05) is 4.90 Å². The van der Waals surface area contributed by atoms with Gasteiger partial charge in [0.25, 0.3) is 0 Å². The fourth-order valence-corrected chi connectivity index (χ4v) is 1.85. The third-order valence-electron chi connectivity index (χ3n) is 2.99. The molecule has 1 fully saturated rings. The van der Waals surface area contributed by atoms with Gasteiger partial charge in [-0.15, -0.1) is 0 Å². The standard InChI is InChI=1S/C12H23NO2/c1-4-11-5-7-13(8-6-11)12(14)15-9-10(2)3/h10-11H,4-9H2,1-3H3. The van der Waals surface area contributed by atoms with Crippen LogP contribution in [0.1, 0.15) is 40.0 Å². The van der Waals surface area contributed by atoms with Gasteiger partial charge in [-0.1, -0.05) is 27.2 Å². The van der Waals surface area contributed by atoms with E-state index in [1.54, 1.807) is 0 Å². The van der Waals surface area contributed by atoms with Crippen LogP contribution in [0.4, 0.5) is 4.79 Å². The highest BCUT2D eigenvalue weighted by Crippen LogP contribution is 2.20. The minimum Gasteiger partial charge on any atom is -0.449 e. The van der Waals surface area contributed by atoms with Crippen LogP contribution in [-0.4, -0.2) is 30.7 Å². The minimum atomic E-state index is -0.127.